The Kier molecular flexibility index (Phi) is 8.68. The standard InChI is InChI=1S/C27H25ClN2O6S2/c1-35-23-10-9-21(16-22(23)28)38(33,34)30(13-12-18-6-4-3-5-7-18)17-26(31)29-20-8-11-24-19(14-20)15-25(37-24)27(32)36-2/h3-11,14-16H,12-13,17H2,1-2H3,(H,29,31). The molecule has 1 amide bonds. The molecule has 198 valence electrons. The van der Waals surface area contributed by atoms with Gasteiger partial charge in [0.1, 0.15) is 10.6 Å². The number of nitrogens with zero attached hydrogens (tertiary/aromatic N) is 1. The van der Waals surface area contributed by atoms with Crippen LogP contribution in [0.1, 0.15) is 15.2 Å². The molecule has 0 unspecified atom stereocenters. The number of hydrogen-bond donors (Lipinski definition) is 1. The molecule has 3 aromatic carbocycles. The molecule has 0 bridgehead atoms. The van der Waals surface area contributed by atoms with E-state index in [0.717, 1.165) is 20.0 Å². The van der Waals surface area contributed by atoms with E-state index in [9.17, 15) is 18.0 Å². The molecule has 1 aromatic heterocycles. The van der Waals surface area contributed by atoms with E-state index in [4.69, 9.17) is 21.1 Å². The molecule has 0 radical (unpaired) electrons. The number of benzene rings is 3. The zero-order valence-electron chi connectivity index (χ0n) is 20.6. The Hall–Kier alpha value is -3.44. The summed E-state index contributed by atoms with van der Waals surface area (Å²) in [4.78, 5) is 25.3. The van der Waals surface area contributed by atoms with Crippen LogP contribution in [0.25, 0.3) is 10.1 Å². The summed E-state index contributed by atoms with van der Waals surface area (Å²) in [7, 11) is -1.31. The normalized spacial score (nSPS) is 11.5. The number of nitrogens with one attached hydrogen (secondary N) is 1. The van der Waals surface area contributed by atoms with Crippen molar-refractivity contribution in [3.63, 3.8) is 0 Å². The van der Waals surface area contributed by atoms with Gasteiger partial charge in [-0.2, -0.15) is 4.31 Å². The number of carbonyl (C=O) groups is 2. The maximum absolute atomic E-state index is 13.6. The topological polar surface area (TPSA) is 102 Å². The lowest BCUT2D eigenvalue weighted by Crippen LogP contribution is -2.39. The molecule has 38 heavy (non-hydrogen) atoms. The number of thiophene rings is 1. The SMILES string of the molecule is COC(=O)c1cc2cc(NC(=O)CN(CCc3ccccc3)S(=O)(=O)c3ccc(OC)c(Cl)c3)ccc2s1. The maximum Gasteiger partial charge on any atom is 0.348 e. The molecule has 4 rings (SSSR count). The molecule has 1 N–H and O–H groups in total. The molecular formula is C27H25ClN2O6S2. The predicted octanol–water partition coefficient (Wildman–Crippen LogP) is 5.22. The van der Waals surface area contributed by atoms with Gasteiger partial charge in [0.2, 0.25) is 15.9 Å². The molecule has 11 heteroatoms. The first-order chi connectivity index (χ1) is 18.2. The van der Waals surface area contributed by atoms with Gasteiger partial charge in [-0.3, -0.25) is 4.79 Å². The van der Waals surface area contributed by atoms with Gasteiger partial charge in [-0.25, -0.2) is 13.2 Å². The summed E-state index contributed by atoms with van der Waals surface area (Å²) in [5.74, 6) is -0.600. The van der Waals surface area contributed by atoms with Crippen LogP contribution in [0, 0.1) is 0 Å². The Balaban J connectivity index is 1.56. The molecule has 0 aliphatic heterocycles. The molecule has 0 spiro atoms. The summed E-state index contributed by atoms with van der Waals surface area (Å²) in [6.45, 7) is -0.330. The van der Waals surface area contributed by atoms with E-state index in [1.165, 1.54) is 43.8 Å². The second kappa shape index (κ2) is 12.0. The largest absolute Gasteiger partial charge is 0.495 e. The van der Waals surface area contributed by atoms with Gasteiger partial charge in [-0.05, 0) is 59.8 Å². The molecule has 0 aliphatic carbocycles. The number of anilines is 1. The van der Waals surface area contributed by atoms with Crippen molar-refractivity contribution in [3.05, 3.63) is 88.3 Å². The summed E-state index contributed by atoms with van der Waals surface area (Å²) in [5.41, 5.74) is 1.41. The van der Waals surface area contributed by atoms with Gasteiger partial charge in [-0.1, -0.05) is 41.9 Å². The Morgan fingerprint density at radius 2 is 1.76 bits per heavy atom. The van der Waals surface area contributed by atoms with Crippen LogP contribution in [0.4, 0.5) is 5.69 Å². The van der Waals surface area contributed by atoms with Crippen molar-refractivity contribution in [3.8, 4) is 5.75 Å². The van der Waals surface area contributed by atoms with Crippen molar-refractivity contribution in [2.45, 2.75) is 11.3 Å². The number of fused-ring (bicyclic) bond motifs is 1. The number of halogens is 1. The highest BCUT2D eigenvalue weighted by atomic mass is 35.5. The monoisotopic (exact) mass is 572 g/mol. The minimum atomic E-state index is -4.07. The number of ether oxygens (including phenoxy) is 2. The van der Waals surface area contributed by atoms with Crippen LogP contribution in [0.2, 0.25) is 5.02 Å². The zero-order chi connectivity index (χ0) is 27.3. The van der Waals surface area contributed by atoms with Crippen LogP contribution in [-0.2, 0) is 26.0 Å². The fourth-order valence-electron chi connectivity index (χ4n) is 3.82. The average Bonchev–Trinajstić information content (AvgIpc) is 3.34. The van der Waals surface area contributed by atoms with Crippen molar-refractivity contribution >= 4 is 60.6 Å². The van der Waals surface area contributed by atoms with Crippen LogP contribution in [0.5, 0.6) is 5.75 Å². The molecule has 0 aliphatic rings. The van der Waals surface area contributed by atoms with Crippen molar-refractivity contribution in [2.24, 2.45) is 0 Å². The molecule has 4 aromatic rings. The third kappa shape index (κ3) is 6.33. The Morgan fingerprint density at radius 3 is 2.45 bits per heavy atom. The first-order valence-electron chi connectivity index (χ1n) is 11.5. The third-order valence-corrected chi connectivity index (χ3v) is 8.99. The second-order valence-corrected chi connectivity index (χ2v) is 11.7. The Labute approximate surface area is 229 Å². The third-order valence-electron chi connectivity index (χ3n) is 5.76. The molecule has 0 fully saturated rings. The van der Waals surface area contributed by atoms with Gasteiger partial charge in [-0.15, -0.1) is 11.3 Å². The van der Waals surface area contributed by atoms with Crippen molar-refractivity contribution in [2.75, 3.05) is 32.6 Å². The number of hydrogen-bond acceptors (Lipinski definition) is 7. The molecule has 0 saturated carbocycles. The van der Waals surface area contributed by atoms with Crippen LogP contribution in [-0.4, -0.2) is 51.9 Å². The van der Waals surface area contributed by atoms with E-state index >= 15 is 0 Å². The summed E-state index contributed by atoms with van der Waals surface area (Å²) in [5, 5.41) is 3.67. The quantitative estimate of drug-likeness (QED) is 0.261. The van der Waals surface area contributed by atoms with Gasteiger partial charge >= 0.3 is 5.97 Å². The minimum absolute atomic E-state index is 0.0424. The van der Waals surface area contributed by atoms with Gasteiger partial charge in [0.05, 0.1) is 30.7 Å². The molecule has 8 nitrogen and oxygen atoms in total. The first-order valence-corrected chi connectivity index (χ1v) is 14.1. The summed E-state index contributed by atoms with van der Waals surface area (Å²) in [6.07, 6.45) is 0.411. The fraction of sp³-hybridized carbons (Fsp3) is 0.185. The lowest BCUT2D eigenvalue weighted by atomic mass is 10.1. The Morgan fingerprint density at radius 1 is 1.00 bits per heavy atom. The van der Waals surface area contributed by atoms with Crippen LogP contribution < -0.4 is 10.1 Å². The highest BCUT2D eigenvalue weighted by molar-refractivity contribution is 7.89. The summed E-state index contributed by atoms with van der Waals surface area (Å²) >= 11 is 7.47. The smallest absolute Gasteiger partial charge is 0.348 e. The van der Waals surface area contributed by atoms with E-state index in [0.29, 0.717) is 22.7 Å². The van der Waals surface area contributed by atoms with E-state index in [1.807, 2.05) is 30.3 Å². The number of methoxy groups -OCH3 is 2. The molecule has 0 saturated heterocycles. The van der Waals surface area contributed by atoms with E-state index in [-0.39, 0.29) is 16.5 Å². The van der Waals surface area contributed by atoms with Gasteiger partial charge in [0, 0.05) is 16.9 Å². The van der Waals surface area contributed by atoms with Gasteiger partial charge in [0.15, 0.2) is 0 Å². The number of sulfonamides is 1. The van der Waals surface area contributed by atoms with E-state index in [1.54, 1.807) is 24.3 Å². The van der Waals surface area contributed by atoms with Crippen LogP contribution >= 0.6 is 22.9 Å². The first kappa shape index (κ1) is 27.6. The number of amides is 1. The number of rotatable bonds is 10. The summed E-state index contributed by atoms with van der Waals surface area (Å²) < 4.78 is 39.0. The molecule has 0 atom stereocenters. The summed E-state index contributed by atoms with van der Waals surface area (Å²) in [6, 6.07) is 20.5. The molecular weight excluding hydrogens is 548 g/mol. The zero-order valence-corrected chi connectivity index (χ0v) is 23.0. The lowest BCUT2D eigenvalue weighted by Gasteiger charge is -2.22. The number of carbonyl (C=O) groups excluding carboxylic acids is 2. The lowest BCUT2D eigenvalue weighted by molar-refractivity contribution is -0.116. The highest BCUT2D eigenvalue weighted by Gasteiger charge is 2.27. The number of esters is 1. The fourth-order valence-corrected chi connectivity index (χ4v) is 6.53. The maximum atomic E-state index is 13.6. The Bertz CT molecular complexity index is 1570. The van der Waals surface area contributed by atoms with Crippen molar-refractivity contribution in [1.82, 2.24) is 4.31 Å². The van der Waals surface area contributed by atoms with Crippen LogP contribution in [0.3, 0.4) is 0 Å². The molecule has 1 heterocycles. The van der Waals surface area contributed by atoms with Crippen molar-refractivity contribution in [1.29, 1.82) is 0 Å². The van der Waals surface area contributed by atoms with E-state index in [2.05, 4.69) is 5.32 Å². The van der Waals surface area contributed by atoms with Gasteiger partial charge in [0.25, 0.3) is 0 Å². The average molecular weight is 573 g/mol. The van der Waals surface area contributed by atoms with Crippen LogP contribution in [0.15, 0.2) is 77.7 Å². The van der Waals surface area contributed by atoms with Crippen molar-refractivity contribution < 1.29 is 27.5 Å². The minimum Gasteiger partial charge on any atom is -0.495 e. The van der Waals surface area contributed by atoms with Gasteiger partial charge < -0.3 is 14.8 Å². The second-order valence-electron chi connectivity index (χ2n) is 8.27. The highest BCUT2D eigenvalue weighted by Crippen LogP contribution is 2.30. The van der Waals surface area contributed by atoms with E-state index < -0.39 is 28.4 Å². The predicted molar refractivity (Wildman–Crippen MR) is 149 cm³/mol.